The first-order chi connectivity index (χ1) is 10.7. The van der Waals surface area contributed by atoms with Gasteiger partial charge in [0.25, 0.3) is 0 Å². The molecule has 0 aromatic heterocycles. The number of carbonyl (C=O) groups excluding carboxylic acids is 1. The lowest BCUT2D eigenvalue weighted by Crippen LogP contribution is -2.44. The standard InChI is InChI=1S/C17H16F3NO2/c1-16(23,17(18,19)20)11-15(22)21-14-9-7-13(8-10-14)12-5-3-2-4-6-12/h2-10,23H,11H2,1H3,(H,21,22)/t16-/m0/s1. The van der Waals surface area contributed by atoms with Crippen molar-refractivity contribution in [2.24, 2.45) is 0 Å². The van der Waals surface area contributed by atoms with E-state index in [0.29, 0.717) is 12.6 Å². The number of nitrogens with one attached hydrogen (secondary N) is 1. The molecule has 0 radical (unpaired) electrons. The molecule has 0 saturated heterocycles. The summed E-state index contributed by atoms with van der Waals surface area (Å²) in [6.07, 6.45) is -5.92. The minimum Gasteiger partial charge on any atom is -0.380 e. The van der Waals surface area contributed by atoms with Crippen LogP contribution in [0.1, 0.15) is 13.3 Å². The molecule has 1 atom stereocenters. The molecule has 0 heterocycles. The van der Waals surface area contributed by atoms with Gasteiger partial charge in [0.15, 0.2) is 5.60 Å². The number of aliphatic hydroxyl groups is 1. The summed E-state index contributed by atoms with van der Waals surface area (Å²) in [5.41, 5.74) is -0.773. The number of carbonyl (C=O) groups is 1. The molecule has 0 spiro atoms. The quantitative estimate of drug-likeness (QED) is 0.893. The lowest BCUT2D eigenvalue weighted by Gasteiger charge is -2.25. The molecule has 2 rings (SSSR count). The van der Waals surface area contributed by atoms with Crippen molar-refractivity contribution >= 4 is 11.6 Å². The fraction of sp³-hybridized carbons (Fsp3) is 0.235. The van der Waals surface area contributed by atoms with E-state index in [4.69, 9.17) is 0 Å². The Balaban J connectivity index is 2.03. The van der Waals surface area contributed by atoms with Crippen LogP contribution >= 0.6 is 0 Å². The second-order valence-corrected chi connectivity index (χ2v) is 5.44. The molecule has 2 N–H and O–H groups in total. The highest BCUT2D eigenvalue weighted by atomic mass is 19.4. The van der Waals surface area contributed by atoms with Crippen LogP contribution in [-0.2, 0) is 4.79 Å². The maximum absolute atomic E-state index is 12.5. The molecule has 0 bridgehead atoms. The summed E-state index contributed by atoms with van der Waals surface area (Å²) in [5, 5.41) is 11.7. The van der Waals surface area contributed by atoms with E-state index in [1.54, 1.807) is 24.3 Å². The normalized spacial score (nSPS) is 14.1. The minimum atomic E-state index is -4.86. The van der Waals surface area contributed by atoms with E-state index in [0.717, 1.165) is 11.1 Å². The van der Waals surface area contributed by atoms with Gasteiger partial charge in [0.1, 0.15) is 0 Å². The first-order valence-electron chi connectivity index (χ1n) is 6.93. The zero-order valence-electron chi connectivity index (χ0n) is 12.4. The number of hydrogen-bond donors (Lipinski definition) is 2. The number of amides is 1. The zero-order valence-corrected chi connectivity index (χ0v) is 12.4. The Hall–Kier alpha value is -2.34. The van der Waals surface area contributed by atoms with Gasteiger partial charge in [-0.2, -0.15) is 13.2 Å². The highest BCUT2D eigenvalue weighted by Gasteiger charge is 2.50. The van der Waals surface area contributed by atoms with Gasteiger partial charge in [0, 0.05) is 5.69 Å². The van der Waals surface area contributed by atoms with Crippen LogP contribution in [0.3, 0.4) is 0 Å². The first kappa shape index (κ1) is 17.0. The van der Waals surface area contributed by atoms with E-state index in [1.807, 2.05) is 30.3 Å². The third kappa shape index (κ3) is 4.32. The second kappa shape index (κ2) is 6.42. The number of benzene rings is 2. The molecule has 0 fully saturated rings. The number of rotatable bonds is 4. The lowest BCUT2D eigenvalue weighted by molar-refractivity contribution is -0.252. The van der Waals surface area contributed by atoms with Gasteiger partial charge in [-0.3, -0.25) is 4.79 Å². The van der Waals surface area contributed by atoms with Gasteiger partial charge in [-0.1, -0.05) is 42.5 Å². The van der Waals surface area contributed by atoms with Crippen LogP contribution in [0.25, 0.3) is 11.1 Å². The van der Waals surface area contributed by atoms with Crippen LogP contribution in [0.4, 0.5) is 18.9 Å². The summed E-state index contributed by atoms with van der Waals surface area (Å²) in [7, 11) is 0. The van der Waals surface area contributed by atoms with E-state index in [1.165, 1.54) is 0 Å². The monoisotopic (exact) mass is 323 g/mol. The molecular formula is C17H16F3NO2. The summed E-state index contributed by atoms with van der Waals surface area (Å²) in [5.74, 6) is -0.903. The van der Waals surface area contributed by atoms with Crippen molar-refractivity contribution in [3.63, 3.8) is 0 Å². The molecular weight excluding hydrogens is 307 g/mol. The molecule has 0 aliphatic carbocycles. The summed E-state index contributed by atoms with van der Waals surface area (Å²) >= 11 is 0. The van der Waals surface area contributed by atoms with Crippen molar-refractivity contribution in [3.05, 3.63) is 54.6 Å². The molecule has 0 aliphatic heterocycles. The topological polar surface area (TPSA) is 49.3 Å². The Bertz CT molecular complexity index is 664. The predicted octanol–water partition coefficient (Wildman–Crippen LogP) is 4.00. The predicted molar refractivity (Wildman–Crippen MR) is 81.8 cm³/mol. The van der Waals surface area contributed by atoms with Crippen molar-refractivity contribution in [1.82, 2.24) is 0 Å². The molecule has 122 valence electrons. The van der Waals surface area contributed by atoms with Gasteiger partial charge in [-0.15, -0.1) is 0 Å². The van der Waals surface area contributed by atoms with Crippen molar-refractivity contribution < 1.29 is 23.1 Å². The van der Waals surface area contributed by atoms with Gasteiger partial charge in [-0.05, 0) is 30.2 Å². The second-order valence-electron chi connectivity index (χ2n) is 5.44. The van der Waals surface area contributed by atoms with Crippen LogP contribution in [-0.4, -0.2) is 22.8 Å². The number of alkyl halides is 3. The van der Waals surface area contributed by atoms with Crippen molar-refractivity contribution in [3.8, 4) is 11.1 Å². The zero-order chi connectivity index (χ0) is 17.1. The van der Waals surface area contributed by atoms with Gasteiger partial charge in [0.2, 0.25) is 5.91 Å². The Morgan fingerprint density at radius 2 is 1.52 bits per heavy atom. The largest absolute Gasteiger partial charge is 0.417 e. The Morgan fingerprint density at radius 3 is 2.04 bits per heavy atom. The van der Waals surface area contributed by atoms with Crippen LogP contribution in [0, 0.1) is 0 Å². The van der Waals surface area contributed by atoms with Crippen molar-refractivity contribution in [2.45, 2.75) is 25.1 Å². The average molecular weight is 323 g/mol. The highest BCUT2D eigenvalue weighted by molar-refractivity contribution is 5.91. The summed E-state index contributed by atoms with van der Waals surface area (Å²) in [4.78, 5) is 11.7. The smallest absolute Gasteiger partial charge is 0.380 e. The molecule has 23 heavy (non-hydrogen) atoms. The SMILES string of the molecule is C[C@](O)(CC(=O)Nc1ccc(-c2ccccc2)cc1)C(F)(F)F. The molecule has 0 saturated carbocycles. The Kier molecular flexibility index (Phi) is 4.75. The number of halogens is 3. The summed E-state index contributed by atoms with van der Waals surface area (Å²) in [6.45, 7) is 0.574. The van der Waals surface area contributed by atoms with Crippen molar-refractivity contribution in [1.29, 1.82) is 0 Å². The molecule has 3 nitrogen and oxygen atoms in total. The van der Waals surface area contributed by atoms with E-state index < -0.39 is 24.1 Å². The summed E-state index contributed by atoms with van der Waals surface area (Å²) < 4.78 is 37.6. The number of anilines is 1. The summed E-state index contributed by atoms with van der Waals surface area (Å²) in [6, 6.07) is 16.2. The average Bonchev–Trinajstić information content (AvgIpc) is 2.47. The fourth-order valence-electron chi connectivity index (χ4n) is 1.99. The highest BCUT2D eigenvalue weighted by Crippen LogP contribution is 2.32. The maximum Gasteiger partial charge on any atom is 0.417 e. The minimum absolute atomic E-state index is 0.368. The maximum atomic E-state index is 12.5. The van der Waals surface area contributed by atoms with E-state index in [-0.39, 0.29) is 0 Å². The van der Waals surface area contributed by atoms with E-state index >= 15 is 0 Å². The Labute approximate surface area is 131 Å². The third-order valence-corrected chi connectivity index (χ3v) is 3.39. The lowest BCUT2D eigenvalue weighted by atomic mass is 10.0. The van der Waals surface area contributed by atoms with Crippen LogP contribution in [0.5, 0.6) is 0 Å². The first-order valence-corrected chi connectivity index (χ1v) is 6.93. The Morgan fingerprint density at radius 1 is 1.00 bits per heavy atom. The van der Waals surface area contributed by atoms with Gasteiger partial charge < -0.3 is 10.4 Å². The van der Waals surface area contributed by atoms with Gasteiger partial charge >= 0.3 is 6.18 Å². The molecule has 2 aromatic carbocycles. The van der Waals surface area contributed by atoms with Crippen LogP contribution < -0.4 is 5.32 Å². The van der Waals surface area contributed by atoms with E-state index in [2.05, 4.69) is 5.32 Å². The van der Waals surface area contributed by atoms with Crippen LogP contribution in [0.2, 0.25) is 0 Å². The molecule has 2 aromatic rings. The van der Waals surface area contributed by atoms with Crippen molar-refractivity contribution in [2.75, 3.05) is 5.32 Å². The molecule has 1 amide bonds. The van der Waals surface area contributed by atoms with E-state index in [9.17, 15) is 23.1 Å². The third-order valence-electron chi connectivity index (χ3n) is 3.39. The van der Waals surface area contributed by atoms with Gasteiger partial charge in [0.05, 0.1) is 6.42 Å². The fourth-order valence-corrected chi connectivity index (χ4v) is 1.99. The molecule has 0 unspecified atom stereocenters. The molecule has 6 heteroatoms. The van der Waals surface area contributed by atoms with Gasteiger partial charge in [-0.25, -0.2) is 0 Å². The molecule has 0 aliphatic rings. The number of hydrogen-bond acceptors (Lipinski definition) is 2. The van der Waals surface area contributed by atoms with Crippen LogP contribution in [0.15, 0.2) is 54.6 Å².